The van der Waals surface area contributed by atoms with Gasteiger partial charge in [-0.3, -0.25) is 4.79 Å². The Morgan fingerprint density at radius 1 is 0.971 bits per heavy atom. The molecule has 1 aromatic heterocycles. The van der Waals surface area contributed by atoms with Gasteiger partial charge in [-0.2, -0.15) is 0 Å². The number of hydrogen-bond donors (Lipinski definition) is 2. The van der Waals surface area contributed by atoms with E-state index in [9.17, 15) is 4.79 Å². The number of carbonyl (C=O) groups excluding carboxylic acids is 1. The molecule has 7 nitrogen and oxygen atoms in total. The van der Waals surface area contributed by atoms with Crippen molar-refractivity contribution in [2.75, 3.05) is 62.7 Å². The lowest BCUT2D eigenvalue weighted by Gasteiger charge is -2.29. The van der Waals surface area contributed by atoms with E-state index in [1.807, 2.05) is 12.1 Å². The first-order valence-corrected chi connectivity index (χ1v) is 12.3. The average Bonchev–Trinajstić information content (AvgIpc) is 3.34. The van der Waals surface area contributed by atoms with Gasteiger partial charge < -0.3 is 25.2 Å². The molecule has 3 saturated heterocycles. The van der Waals surface area contributed by atoms with E-state index >= 15 is 0 Å². The summed E-state index contributed by atoms with van der Waals surface area (Å²) in [5.74, 6) is 1.48. The van der Waals surface area contributed by atoms with Crippen LogP contribution in [0, 0.1) is 11.8 Å². The number of methoxy groups -OCH3 is 1. The molecule has 6 rings (SSSR count). The van der Waals surface area contributed by atoms with E-state index in [1.165, 1.54) is 5.69 Å². The Hall–Kier alpha value is -3.32. The van der Waals surface area contributed by atoms with Gasteiger partial charge in [-0.1, -0.05) is 12.1 Å². The summed E-state index contributed by atoms with van der Waals surface area (Å²) in [4.78, 5) is 22.3. The number of aromatic nitrogens is 1. The molecule has 0 aliphatic carbocycles. The molecule has 0 spiro atoms. The van der Waals surface area contributed by atoms with Crippen molar-refractivity contribution in [3.05, 3.63) is 48.5 Å². The topological polar surface area (TPSA) is 69.7 Å². The van der Waals surface area contributed by atoms with E-state index in [-0.39, 0.29) is 11.8 Å². The van der Waals surface area contributed by atoms with Gasteiger partial charge in [0, 0.05) is 74.2 Å². The van der Waals surface area contributed by atoms with Crippen molar-refractivity contribution in [2.24, 2.45) is 11.8 Å². The summed E-state index contributed by atoms with van der Waals surface area (Å²) < 4.78 is 5.49. The number of pyridine rings is 1. The molecule has 3 aliphatic rings. The summed E-state index contributed by atoms with van der Waals surface area (Å²) in [6.45, 7) is 6.55. The third-order valence-electron chi connectivity index (χ3n) is 7.57. The summed E-state index contributed by atoms with van der Waals surface area (Å²) in [5.41, 5.74) is 5.36. The maximum atomic E-state index is 12.5. The van der Waals surface area contributed by atoms with Crippen molar-refractivity contribution in [2.45, 2.75) is 6.42 Å². The molecule has 3 aliphatic heterocycles. The van der Waals surface area contributed by atoms with Gasteiger partial charge in [0.15, 0.2) is 0 Å². The quantitative estimate of drug-likeness (QED) is 0.628. The van der Waals surface area contributed by atoms with Crippen LogP contribution in [-0.4, -0.2) is 63.8 Å². The number of fused-ring (bicyclic) bond motifs is 2. The van der Waals surface area contributed by atoms with Gasteiger partial charge in [-0.15, -0.1) is 0 Å². The Morgan fingerprint density at radius 3 is 2.56 bits per heavy atom. The van der Waals surface area contributed by atoms with E-state index in [4.69, 9.17) is 9.72 Å². The lowest BCUT2D eigenvalue weighted by Crippen LogP contribution is -2.43. The summed E-state index contributed by atoms with van der Waals surface area (Å²) >= 11 is 0. The van der Waals surface area contributed by atoms with Crippen LogP contribution in [-0.2, 0) is 4.79 Å². The minimum atomic E-state index is 0.0666. The number of amides is 1. The van der Waals surface area contributed by atoms with Gasteiger partial charge in [0.05, 0.1) is 24.2 Å². The van der Waals surface area contributed by atoms with Crippen LogP contribution >= 0.6 is 0 Å². The van der Waals surface area contributed by atoms with Crippen LogP contribution in [0.4, 0.5) is 11.4 Å². The number of nitrogens with zero attached hydrogens (tertiary/aromatic N) is 3. The Kier molecular flexibility index (Phi) is 5.49. The summed E-state index contributed by atoms with van der Waals surface area (Å²) in [6.07, 6.45) is 1.05. The van der Waals surface area contributed by atoms with Crippen molar-refractivity contribution in [3.8, 4) is 17.0 Å². The smallest absolute Gasteiger partial charge is 0.225 e. The second kappa shape index (κ2) is 8.80. The summed E-state index contributed by atoms with van der Waals surface area (Å²) in [5, 5.41) is 7.55. The molecule has 3 aromatic rings. The molecule has 3 fully saturated rings. The molecular formula is C27H31N5O2. The molecule has 2 atom stereocenters. The highest BCUT2D eigenvalue weighted by molar-refractivity contribution is 5.95. The second-order valence-corrected chi connectivity index (χ2v) is 9.54. The standard InChI is InChI=1S/C27H31N5O2/c1-34-21-6-7-22-25(14-21)30-24(18-2-4-20(5-3-18)31-12-10-28-11-13-31)15-26(22)32-16-19-8-9-29-27(33)23(19)17-32/h2-7,14-15,19,23,28H,8-13,16-17H2,1H3,(H,29,33)/t19-,23+/m0/s1. The van der Waals surface area contributed by atoms with Crippen LogP contribution in [0.5, 0.6) is 5.75 Å². The molecule has 0 radical (unpaired) electrons. The Balaban J connectivity index is 1.38. The predicted molar refractivity (Wildman–Crippen MR) is 136 cm³/mol. The zero-order chi connectivity index (χ0) is 23.1. The maximum Gasteiger partial charge on any atom is 0.225 e. The molecule has 34 heavy (non-hydrogen) atoms. The molecule has 2 aromatic carbocycles. The van der Waals surface area contributed by atoms with E-state index in [0.717, 1.165) is 85.8 Å². The fourth-order valence-corrected chi connectivity index (χ4v) is 5.66. The zero-order valence-electron chi connectivity index (χ0n) is 19.6. The van der Waals surface area contributed by atoms with Crippen LogP contribution in [0.2, 0.25) is 0 Å². The Labute approximate surface area is 200 Å². The van der Waals surface area contributed by atoms with Gasteiger partial charge in [-0.05, 0) is 42.7 Å². The number of anilines is 2. The Bertz CT molecular complexity index is 1210. The average molecular weight is 458 g/mol. The number of piperazine rings is 1. The second-order valence-electron chi connectivity index (χ2n) is 9.54. The van der Waals surface area contributed by atoms with Gasteiger partial charge in [0.1, 0.15) is 5.75 Å². The van der Waals surface area contributed by atoms with Crippen molar-refractivity contribution < 1.29 is 9.53 Å². The molecule has 1 amide bonds. The van der Waals surface area contributed by atoms with Crippen molar-refractivity contribution in [1.29, 1.82) is 0 Å². The summed E-state index contributed by atoms with van der Waals surface area (Å²) in [7, 11) is 1.69. The minimum Gasteiger partial charge on any atom is -0.497 e. The predicted octanol–water partition coefficient (Wildman–Crippen LogP) is 2.89. The number of hydrogen-bond acceptors (Lipinski definition) is 6. The van der Waals surface area contributed by atoms with Crippen LogP contribution < -0.4 is 25.2 Å². The number of carbonyl (C=O) groups is 1. The molecule has 0 bridgehead atoms. The van der Waals surface area contributed by atoms with Crippen molar-refractivity contribution in [1.82, 2.24) is 15.6 Å². The lowest BCUT2D eigenvalue weighted by atomic mass is 9.89. The van der Waals surface area contributed by atoms with Gasteiger partial charge in [0.25, 0.3) is 0 Å². The molecule has 4 heterocycles. The van der Waals surface area contributed by atoms with E-state index in [0.29, 0.717) is 5.92 Å². The largest absolute Gasteiger partial charge is 0.497 e. The number of nitrogens with one attached hydrogen (secondary N) is 2. The molecular weight excluding hydrogens is 426 g/mol. The van der Waals surface area contributed by atoms with E-state index in [1.54, 1.807) is 7.11 Å². The third-order valence-corrected chi connectivity index (χ3v) is 7.57. The van der Waals surface area contributed by atoms with Crippen LogP contribution in [0.3, 0.4) is 0 Å². The highest BCUT2D eigenvalue weighted by atomic mass is 16.5. The molecule has 7 heteroatoms. The fraction of sp³-hybridized carbons (Fsp3) is 0.407. The third kappa shape index (κ3) is 3.84. The summed E-state index contributed by atoms with van der Waals surface area (Å²) in [6, 6.07) is 17.0. The van der Waals surface area contributed by atoms with Gasteiger partial charge in [-0.25, -0.2) is 4.98 Å². The monoisotopic (exact) mass is 457 g/mol. The van der Waals surface area contributed by atoms with Crippen molar-refractivity contribution >= 4 is 28.2 Å². The first-order chi connectivity index (χ1) is 16.7. The van der Waals surface area contributed by atoms with Crippen LogP contribution in [0.25, 0.3) is 22.2 Å². The van der Waals surface area contributed by atoms with Gasteiger partial charge >= 0.3 is 0 Å². The highest BCUT2D eigenvalue weighted by Gasteiger charge is 2.40. The van der Waals surface area contributed by atoms with E-state index in [2.05, 4.69) is 56.8 Å². The van der Waals surface area contributed by atoms with E-state index < -0.39 is 0 Å². The zero-order valence-corrected chi connectivity index (χ0v) is 19.6. The van der Waals surface area contributed by atoms with Crippen LogP contribution in [0.15, 0.2) is 48.5 Å². The molecule has 0 saturated carbocycles. The SMILES string of the molecule is COc1ccc2c(N3C[C@@H]4CCNC(=O)[C@@H]4C3)cc(-c3ccc(N4CCNCC4)cc3)nc2c1. The normalized spacial score (nSPS) is 22.6. The fourth-order valence-electron chi connectivity index (χ4n) is 5.66. The molecule has 0 unspecified atom stereocenters. The van der Waals surface area contributed by atoms with Gasteiger partial charge in [0.2, 0.25) is 5.91 Å². The number of ether oxygens (including phenoxy) is 1. The molecule has 176 valence electrons. The highest BCUT2D eigenvalue weighted by Crippen LogP contribution is 2.38. The first kappa shape index (κ1) is 21.2. The lowest BCUT2D eigenvalue weighted by molar-refractivity contribution is -0.127. The number of rotatable bonds is 4. The minimum absolute atomic E-state index is 0.0666. The number of piperidine rings is 1. The first-order valence-electron chi connectivity index (χ1n) is 12.3. The molecule has 2 N–H and O–H groups in total. The van der Waals surface area contributed by atoms with Crippen molar-refractivity contribution in [3.63, 3.8) is 0 Å². The Morgan fingerprint density at radius 2 is 1.79 bits per heavy atom. The number of benzene rings is 2. The van der Waals surface area contributed by atoms with Crippen LogP contribution in [0.1, 0.15) is 6.42 Å². The maximum absolute atomic E-state index is 12.5.